The van der Waals surface area contributed by atoms with Gasteiger partial charge in [-0.2, -0.15) is 0 Å². The molecular formula is C14H27NO3. The molecule has 0 bridgehead atoms. The number of hydrogen-bond donors (Lipinski definition) is 0. The molecule has 1 aliphatic rings. The molecule has 0 spiro atoms. The zero-order chi connectivity index (χ0) is 13.2. The Hall–Kier alpha value is -0.610. The topological polar surface area (TPSA) is 38.8 Å². The first kappa shape index (κ1) is 15.4. The van der Waals surface area contributed by atoms with Crippen LogP contribution in [0.3, 0.4) is 0 Å². The van der Waals surface area contributed by atoms with Crippen molar-refractivity contribution in [2.24, 2.45) is 5.92 Å². The van der Waals surface area contributed by atoms with Crippen molar-refractivity contribution in [1.29, 1.82) is 0 Å². The van der Waals surface area contributed by atoms with Gasteiger partial charge in [-0.15, -0.1) is 0 Å². The summed E-state index contributed by atoms with van der Waals surface area (Å²) in [4.78, 5) is 13.5. The first-order valence-electron chi connectivity index (χ1n) is 7.22. The zero-order valence-electron chi connectivity index (χ0n) is 11.8. The minimum atomic E-state index is -0.264. The van der Waals surface area contributed by atoms with Crippen molar-refractivity contribution < 1.29 is 14.3 Å². The van der Waals surface area contributed by atoms with Crippen LogP contribution in [0.25, 0.3) is 0 Å². The van der Waals surface area contributed by atoms with Gasteiger partial charge in [-0.25, -0.2) is 4.79 Å². The van der Waals surface area contributed by atoms with Crippen LogP contribution in [0, 0.1) is 5.92 Å². The van der Waals surface area contributed by atoms with Gasteiger partial charge in [0.15, 0.2) is 0 Å². The molecule has 0 aromatic carbocycles. The summed E-state index contributed by atoms with van der Waals surface area (Å²) in [6, 6.07) is 0. The van der Waals surface area contributed by atoms with Gasteiger partial charge in [0, 0.05) is 6.54 Å². The van der Waals surface area contributed by atoms with Gasteiger partial charge in [0.25, 0.3) is 0 Å². The van der Waals surface area contributed by atoms with Gasteiger partial charge in [0.1, 0.15) is 6.61 Å². The molecule has 1 aliphatic heterocycles. The summed E-state index contributed by atoms with van der Waals surface area (Å²) in [5.74, 6) is 0.634. The third-order valence-corrected chi connectivity index (χ3v) is 3.59. The van der Waals surface area contributed by atoms with Crippen molar-refractivity contribution in [3.8, 4) is 0 Å². The number of hydrogen-bond acceptors (Lipinski definition) is 4. The molecule has 0 amide bonds. The van der Waals surface area contributed by atoms with E-state index in [4.69, 9.17) is 9.47 Å². The van der Waals surface area contributed by atoms with Crippen LogP contribution in [0.4, 0.5) is 0 Å². The molecule has 0 aromatic heterocycles. The maximum atomic E-state index is 11.1. The van der Waals surface area contributed by atoms with Crippen LogP contribution in [0.5, 0.6) is 0 Å². The lowest BCUT2D eigenvalue weighted by Gasteiger charge is -2.19. The van der Waals surface area contributed by atoms with Crippen LogP contribution < -0.4 is 0 Å². The summed E-state index contributed by atoms with van der Waals surface area (Å²) in [6.07, 6.45) is 5.24. The van der Waals surface area contributed by atoms with Crippen molar-refractivity contribution in [3.05, 3.63) is 0 Å². The van der Waals surface area contributed by atoms with Gasteiger partial charge < -0.3 is 14.4 Å². The number of carbonyl (C=O) groups excluding carboxylic acids is 1. The van der Waals surface area contributed by atoms with Crippen LogP contribution in [0.2, 0.25) is 0 Å². The molecule has 0 N–H and O–H groups in total. The van der Waals surface area contributed by atoms with Crippen LogP contribution in [0.15, 0.2) is 0 Å². The highest BCUT2D eigenvalue weighted by Gasteiger charge is 2.15. The Morgan fingerprint density at radius 3 is 2.83 bits per heavy atom. The van der Waals surface area contributed by atoms with Crippen molar-refractivity contribution in [3.63, 3.8) is 0 Å². The van der Waals surface area contributed by atoms with E-state index in [0.717, 1.165) is 12.5 Å². The van der Waals surface area contributed by atoms with Crippen LogP contribution in [-0.4, -0.2) is 50.3 Å². The lowest BCUT2D eigenvalue weighted by atomic mass is 9.98. The molecule has 0 saturated carbocycles. The van der Waals surface area contributed by atoms with Crippen molar-refractivity contribution >= 4 is 5.97 Å². The fourth-order valence-electron chi connectivity index (χ4n) is 2.41. The second-order valence-corrected chi connectivity index (χ2v) is 4.90. The highest BCUT2D eigenvalue weighted by Crippen LogP contribution is 2.19. The van der Waals surface area contributed by atoms with Gasteiger partial charge in [0.2, 0.25) is 0 Å². The van der Waals surface area contributed by atoms with E-state index in [1.807, 2.05) is 0 Å². The van der Waals surface area contributed by atoms with E-state index in [2.05, 4.69) is 11.8 Å². The number of carbonyl (C=O) groups is 1. The largest absolute Gasteiger partial charge is 0.464 e. The predicted molar refractivity (Wildman–Crippen MR) is 71.5 cm³/mol. The summed E-state index contributed by atoms with van der Waals surface area (Å²) < 4.78 is 10.1. The fraction of sp³-hybridized carbons (Fsp3) is 0.929. The number of rotatable bonds is 7. The lowest BCUT2D eigenvalue weighted by molar-refractivity contribution is -0.148. The third kappa shape index (κ3) is 6.36. The summed E-state index contributed by atoms with van der Waals surface area (Å²) in [5.41, 5.74) is 0. The standard InChI is InChI=1S/C14H27NO3/c1-3-13-6-5-8-15(9-7-13)10-11-17-12-14(16)18-4-2/h13H,3-12H2,1-2H3. The molecule has 1 fully saturated rings. The molecule has 1 saturated heterocycles. The van der Waals surface area contributed by atoms with Crippen LogP contribution >= 0.6 is 0 Å². The molecule has 1 unspecified atom stereocenters. The summed E-state index contributed by atoms with van der Waals surface area (Å²) >= 11 is 0. The molecular weight excluding hydrogens is 230 g/mol. The highest BCUT2D eigenvalue weighted by molar-refractivity contribution is 5.70. The number of likely N-dealkylation sites (tertiary alicyclic amines) is 1. The Morgan fingerprint density at radius 2 is 2.11 bits per heavy atom. The molecule has 4 nitrogen and oxygen atoms in total. The van der Waals surface area contributed by atoms with Crippen LogP contribution in [-0.2, 0) is 14.3 Å². The summed E-state index contributed by atoms with van der Waals surface area (Å²) in [7, 11) is 0. The molecule has 106 valence electrons. The van der Waals surface area contributed by atoms with Crippen molar-refractivity contribution in [2.75, 3.05) is 39.5 Å². The number of esters is 1. The molecule has 18 heavy (non-hydrogen) atoms. The molecule has 0 aromatic rings. The Morgan fingerprint density at radius 1 is 1.28 bits per heavy atom. The van der Waals surface area contributed by atoms with Crippen LogP contribution in [0.1, 0.15) is 39.5 Å². The van der Waals surface area contributed by atoms with Gasteiger partial charge >= 0.3 is 5.97 Å². The second-order valence-electron chi connectivity index (χ2n) is 4.90. The average molecular weight is 257 g/mol. The summed E-state index contributed by atoms with van der Waals surface area (Å²) in [5, 5.41) is 0. The molecule has 1 heterocycles. The first-order valence-corrected chi connectivity index (χ1v) is 7.22. The molecule has 0 radical (unpaired) electrons. The Bertz CT molecular complexity index is 233. The average Bonchev–Trinajstić information content (AvgIpc) is 2.60. The number of ether oxygens (including phenoxy) is 2. The SMILES string of the molecule is CCOC(=O)COCCN1CCCC(CC)CC1. The second kappa shape index (κ2) is 9.34. The maximum Gasteiger partial charge on any atom is 0.332 e. The monoisotopic (exact) mass is 257 g/mol. The molecule has 0 aliphatic carbocycles. The van der Waals surface area contributed by atoms with E-state index >= 15 is 0 Å². The minimum absolute atomic E-state index is 0.0826. The highest BCUT2D eigenvalue weighted by atomic mass is 16.6. The number of nitrogens with zero attached hydrogens (tertiary/aromatic N) is 1. The van der Waals surface area contributed by atoms with E-state index in [-0.39, 0.29) is 12.6 Å². The predicted octanol–water partition coefficient (Wildman–Crippen LogP) is 2.08. The third-order valence-electron chi connectivity index (χ3n) is 3.59. The summed E-state index contributed by atoms with van der Waals surface area (Å²) in [6.45, 7) is 8.47. The van der Waals surface area contributed by atoms with Gasteiger partial charge in [-0.05, 0) is 45.2 Å². The maximum absolute atomic E-state index is 11.1. The van der Waals surface area contributed by atoms with E-state index < -0.39 is 0 Å². The van der Waals surface area contributed by atoms with Gasteiger partial charge in [0.05, 0.1) is 13.2 Å². The Labute approximate surface area is 111 Å². The normalized spacial score (nSPS) is 21.6. The smallest absolute Gasteiger partial charge is 0.332 e. The van der Waals surface area contributed by atoms with Gasteiger partial charge in [-0.3, -0.25) is 0 Å². The minimum Gasteiger partial charge on any atom is -0.464 e. The Balaban J connectivity index is 2.06. The molecule has 1 atom stereocenters. The van der Waals surface area contributed by atoms with E-state index in [1.54, 1.807) is 6.92 Å². The van der Waals surface area contributed by atoms with Crippen molar-refractivity contribution in [1.82, 2.24) is 4.90 Å². The fourth-order valence-corrected chi connectivity index (χ4v) is 2.41. The molecule has 4 heteroatoms. The van der Waals surface area contributed by atoms with E-state index in [0.29, 0.717) is 13.2 Å². The quantitative estimate of drug-likeness (QED) is 0.517. The Kier molecular flexibility index (Phi) is 8.01. The zero-order valence-corrected chi connectivity index (χ0v) is 11.8. The van der Waals surface area contributed by atoms with Gasteiger partial charge in [-0.1, -0.05) is 13.3 Å². The van der Waals surface area contributed by atoms with E-state index in [9.17, 15) is 4.79 Å². The first-order chi connectivity index (χ1) is 8.76. The molecule has 1 rings (SSSR count). The lowest BCUT2D eigenvalue weighted by Crippen LogP contribution is -2.29. The van der Waals surface area contributed by atoms with Crippen molar-refractivity contribution in [2.45, 2.75) is 39.5 Å². The van der Waals surface area contributed by atoms with E-state index in [1.165, 1.54) is 38.8 Å².